The molecular weight excluding hydrogens is 352 g/mol. The van der Waals surface area contributed by atoms with Crippen molar-refractivity contribution in [3.8, 4) is 28.7 Å². The zero-order valence-corrected chi connectivity index (χ0v) is 15.0. The Labute approximate surface area is 161 Å². The number of rotatable bonds is 5. The van der Waals surface area contributed by atoms with Gasteiger partial charge in [-0.05, 0) is 18.4 Å². The van der Waals surface area contributed by atoms with Crippen molar-refractivity contribution in [1.29, 1.82) is 5.26 Å². The molecule has 2 aromatic carbocycles. The first-order valence-electron chi connectivity index (χ1n) is 9.06. The Balaban J connectivity index is 1.31. The maximum atomic E-state index is 9.25. The Bertz CT molecular complexity index is 1150. The van der Waals surface area contributed by atoms with E-state index in [4.69, 9.17) is 4.52 Å². The summed E-state index contributed by atoms with van der Waals surface area (Å²) in [5, 5.41) is 21.7. The molecular formula is C21H16N6O. The van der Waals surface area contributed by atoms with Gasteiger partial charge in [0.05, 0.1) is 18.8 Å². The van der Waals surface area contributed by atoms with Gasteiger partial charge in [-0.3, -0.25) is 0 Å². The van der Waals surface area contributed by atoms with E-state index in [1.165, 1.54) is 0 Å². The highest BCUT2D eigenvalue weighted by Crippen LogP contribution is 2.46. The second kappa shape index (κ2) is 6.43. The molecule has 1 saturated carbocycles. The lowest BCUT2D eigenvalue weighted by atomic mass is 10.1. The normalized spacial score (nSPS) is 14.5. The predicted molar refractivity (Wildman–Crippen MR) is 101 cm³/mol. The van der Waals surface area contributed by atoms with Crippen LogP contribution in [0.3, 0.4) is 0 Å². The summed E-state index contributed by atoms with van der Waals surface area (Å²) in [5.74, 6) is 0.931. The number of nitrogens with zero attached hydrogens (tertiary/aromatic N) is 6. The summed E-state index contributed by atoms with van der Waals surface area (Å²) in [4.78, 5) is 4.41. The summed E-state index contributed by atoms with van der Waals surface area (Å²) in [6.45, 7) is 0.620. The van der Waals surface area contributed by atoms with Crippen molar-refractivity contribution in [3.63, 3.8) is 0 Å². The standard InChI is InChI=1S/C21H16N6O/c22-14-21(10-11-21)20-23-19(25-28-20)17-8-6-15(7-9-17)12-27-13-18(24-26-27)16-4-2-1-3-5-16/h1-9,13H,10-12H2. The molecule has 136 valence electrons. The van der Waals surface area contributed by atoms with E-state index in [1.807, 2.05) is 65.5 Å². The highest BCUT2D eigenvalue weighted by molar-refractivity contribution is 5.57. The van der Waals surface area contributed by atoms with Crippen LogP contribution in [0.1, 0.15) is 24.3 Å². The minimum absolute atomic E-state index is 0.421. The van der Waals surface area contributed by atoms with Crippen LogP contribution >= 0.6 is 0 Å². The third kappa shape index (κ3) is 2.95. The van der Waals surface area contributed by atoms with Crippen LogP contribution in [0.15, 0.2) is 65.3 Å². The summed E-state index contributed by atoms with van der Waals surface area (Å²) >= 11 is 0. The van der Waals surface area contributed by atoms with Crippen LogP contribution < -0.4 is 0 Å². The second-order valence-electron chi connectivity index (χ2n) is 6.98. The minimum atomic E-state index is -0.561. The third-order valence-electron chi connectivity index (χ3n) is 4.96. The Hall–Kier alpha value is -3.79. The third-order valence-corrected chi connectivity index (χ3v) is 4.96. The lowest BCUT2D eigenvalue weighted by Crippen LogP contribution is -2.02. The van der Waals surface area contributed by atoms with Gasteiger partial charge in [-0.1, -0.05) is 65.0 Å². The van der Waals surface area contributed by atoms with Crippen LogP contribution in [0.2, 0.25) is 0 Å². The van der Waals surface area contributed by atoms with Gasteiger partial charge in [0, 0.05) is 11.1 Å². The Morgan fingerprint density at radius 3 is 2.54 bits per heavy atom. The Morgan fingerprint density at radius 1 is 1.04 bits per heavy atom. The molecule has 1 aliphatic rings. The molecule has 1 aliphatic carbocycles. The van der Waals surface area contributed by atoms with E-state index in [-0.39, 0.29) is 0 Å². The SMILES string of the molecule is N#CC1(c2nc(-c3ccc(Cn4cc(-c5ccccc5)nn4)cc3)no2)CC1. The van der Waals surface area contributed by atoms with Gasteiger partial charge in [0.2, 0.25) is 11.7 Å². The fourth-order valence-electron chi connectivity index (χ4n) is 3.10. The molecule has 0 aliphatic heterocycles. The van der Waals surface area contributed by atoms with Gasteiger partial charge in [-0.25, -0.2) is 4.68 Å². The molecule has 0 spiro atoms. The van der Waals surface area contributed by atoms with E-state index in [9.17, 15) is 5.26 Å². The van der Waals surface area contributed by atoms with Crippen LogP contribution in [0.4, 0.5) is 0 Å². The minimum Gasteiger partial charge on any atom is -0.337 e. The molecule has 0 saturated heterocycles. The van der Waals surface area contributed by atoms with Gasteiger partial charge in [0.25, 0.3) is 0 Å². The molecule has 7 nitrogen and oxygen atoms in total. The smallest absolute Gasteiger partial charge is 0.247 e. The zero-order valence-electron chi connectivity index (χ0n) is 15.0. The van der Waals surface area contributed by atoms with E-state index in [0.29, 0.717) is 18.3 Å². The van der Waals surface area contributed by atoms with Crippen molar-refractivity contribution in [2.75, 3.05) is 0 Å². The molecule has 2 heterocycles. The van der Waals surface area contributed by atoms with Crippen LogP contribution in [-0.4, -0.2) is 25.1 Å². The predicted octanol–water partition coefficient (Wildman–Crippen LogP) is 3.60. The van der Waals surface area contributed by atoms with Crippen molar-refractivity contribution in [2.24, 2.45) is 0 Å². The molecule has 0 amide bonds. The molecule has 2 aromatic heterocycles. The van der Waals surface area contributed by atoms with Crippen molar-refractivity contribution in [2.45, 2.75) is 24.8 Å². The van der Waals surface area contributed by atoms with E-state index in [2.05, 4.69) is 26.5 Å². The summed E-state index contributed by atoms with van der Waals surface area (Å²) in [6, 6.07) is 20.2. The number of aromatic nitrogens is 5. The Morgan fingerprint density at radius 2 is 1.82 bits per heavy atom. The van der Waals surface area contributed by atoms with E-state index >= 15 is 0 Å². The average Bonchev–Trinajstić information content (AvgIpc) is 3.15. The monoisotopic (exact) mass is 368 g/mol. The average molecular weight is 368 g/mol. The number of hydrogen-bond donors (Lipinski definition) is 0. The maximum Gasteiger partial charge on any atom is 0.247 e. The van der Waals surface area contributed by atoms with Gasteiger partial charge in [-0.15, -0.1) is 5.10 Å². The van der Waals surface area contributed by atoms with Gasteiger partial charge >= 0.3 is 0 Å². The van der Waals surface area contributed by atoms with Gasteiger partial charge in [0.1, 0.15) is 11.1 Å². The molecule has 0 bridgehead atoms. The molecule has 28 heavy (non-hydrogen) atoms. The first-order chi connectivity index (χ1) is 13.8. The van der Waals surface area contributed by atoms with Crippen LogP contribution in [0, 0.1) is 11.3 Å². The van der Waals surface area contributed by atoms with Crippen molar-refractivity contribution in [3.05, 3.63) is 72.2 Å². The van der Waals surface area contributed by atoms with Gasteiger partial charge < -0.3 is 4.52 Å². The summed E-state index contributed by atoms with van der Waals surface area (Å²) in [7, 11) is 0. The summed E-state index contributed by atoms with van der Waals surface area (Å²) < 4.78 is 7.11. The largest absolute Gasteiger partial charge is 0.337 e. The van der Waals surface area contributed by atoms with E-state index in [1.54, 1.807) is 0 Å². The molecule has 5 rings (SSSR count). The highest BCUT2D eigenvalue weighted by atomic mass is 16.5. The van der Waals surface area contributed by atoms with Crippen molar-refractivity contribution < 1.29 is 4.52 Å². The number of nitriles is 1. The second-order valence-corrected chi connectivity index (χ2v) is 6.98. The molecule has 7 heteroatoms. The van der Waals surface area contributed by atoms with Crippen molar-refractivity contribution in [1.82, 2.24) is 25.1 Å². The van der Waals surface area contributed by atoms with E-state index < -0.39 is 5.41 Å². The van der Waals surface area contributed by atoms with Crippen LogP contribution in [-0.2, 0) is 12.0 Å². The van der Waals surface area contributed by atoms with Crippen LogP contribution in [0.25, 0.3) is 22.6 Å². The molecule has 0 N–H and O–H groups in total. The lowest BCUT2D eigenvalue weighted by Gasteiger charge is -2.02. The van der Waals surface area contributed by atoms with Gasteiger partial charge in [0.15, 0.2) is 0 Å². The number of hydrogen-bond acceptors (Lipinski definition) is 6. The summed E-state index contributed by atoms with van der Waals surface area (Å²) in [5.41, 5.74) is 3.28. The quantitative estimate of drug-likeness (QED) is 0.534. The van der Waals surface area contributed by atoms with E-state index in [0.717, 1.165) is 35.2 Å². The molecule has 0 radical (unpaired) electrons. The fourth-order valence-corrected chi connectivity index (χ4v) is 3.10. The molecule has 0 unspecified atom stereocenters. The highest BCUT2D eigenvalue weighted by Gasteiger charge is 2.50. The number of benzene rings is 2. The zero-order chi connectivity index (χ0) is 19.0. The molecule has 0 atom stereocenters. The topological polar surface area (TPSA) is 93.4 Å². The molecule has 1 fully saturated rings. The lowest BCUT2D eigenvalue weighted by molar-refractivity contribution is 0.365. The first-order valence-corrected chi connectivity index (χ1v) is 9.06. The van der Waals surface area contributed by atoms with Crippen LogP contribution in [0.5, 0.6) is 0 Å². The Kier molecular flexibility index (Phi) is 3.76. The van der Waals surface area contributed by atoms with Crippen molar-refractivity contribution >= 4 is 0 Å². The fraction of sp³-hybridized carbons (Fsp3) is 0.190. The first kappa shape index (κ1) is 16.4. The van der Waals surface area contributed by atoms with Gasteiger partial charge in [-0.2, -0.15) is 10.2 Å². The maximum absolute atomic E-state index is 9.25. The summed E-state index contributed by atoms with van der Waals surface area (Å²) in [6.07, 6.45) is 3.51. The molecule has 4 aromatic rings.